The van der Waals surface area contributed by atoms with Gasteiger partial charge in [0.05, 0.1) is 32.0 Å². The van der Waals surface area contributed by atoms with E-state index < -0.39 is 29.9 Å². The van der Waals surface area contributed by atoms with Crippen LogP contribution >= 0.6 is 0 Å². The second-order valence-corrected chi connectivity index (χ2v) is 7.91. The maximum Gasteiger partial charge on any atom is 0.404 e. The molecule has 178 valence electrons. The van der Waals surface area contributed by atoms with Crippen LogP contribution in [0.25, 0.3) is 0 Å². The standard InChI is InChI=1S/C24H28F2N2O5/c1-3-6-33-23-12-20(19-11-17(32-2)4-5-18(19)23)27-13-22(29)21(28-24(30)31)9-14-7-15(25)10-16(26)8-14/h3-5,7-8,10-11,20-23,27-29H,1,6,9,12-13H2,2H3,(H,30,31)/t20-,21+,22+,23+/m1/s1. The van der Waals surface area contributed by atoms with Crippen LogP contribution in [0.5, 0.6) is 5.75 Å². The first-order valence-corrected chi connectivity index (χ1v) is 10.6. The maximum atomic E-state index is 13.5. The second-order valence-electron chi connectivity index (χ2n) is 7.91. The Morgan fingerprint density at radius 1 is 1.24 bits per heavy atom. The van der Waals surface area contributed by atoms with E-state index in [4.69, 9.17) is 9.47 Å². The lowest BCUT2D eigenvalue weighted by molar-refractivity contribution is 0.0672. The fourth-order valence-corrected chi connectivity index (χ4v) is 4.11. The minimum Gasteiger partial charge on any atom is -0.497 e. The molecular formula is C24H28F2N2O5. The largest absolute Gasteiger partial charge is 0.497 e. The Bertz CT molecular complexity index is 967. The molecule has 9 heteroatoms. The molecule has 0 heterocycles. The lowest BCUT2D eigenvalue weighted by Gasteiger charge is -2.25. The molecule has 0 saturated carbocycles. The summed E-state index contributed by atoms with van der Waals surface area (Å²) in [6, 6.07) is 7.50. The van der Waals surface area contributed by atoms with Crippen molar-refractivity contribution in [2.24, 2.45) is 0 Å². The molecule has 0 fully saturated rings. The number of halogens is 2. The highest BCUT2D eigenvalue weighted by molar-refractivity contribution is 5.65. The molecule has 4 atom stereocenters. The fraction of sp³-hybridized carbons (Fsp3) is 0.375. The molecule has 33 heavy (non-hydrogen) atoms. The summed E-state index contributed by atoms with van der Waals surface area (Å²) < 4.78 is 38.3. The highest BCUT2D eigenvalue weighted by Gasteiger charge is 2.33. The third-order valence-corrected chi connectivity index (χ3v) is 5.61. The second kappa shape index (κ2) is 11.2. The van der Waals surface area contributed by atoms with Gasteiger partial charge in [0.1, 0.15) is 17.4 Å². The third-order valence-electron chi connectivity index (χ3n) is 5.61. The summed E-state index contributed by atoms with van der Waals surface area (Å²) in [6.07, 6.45) is -0.467. The van der Waals surface area contributed by atoms with Crippen LogP contribution in [-0.4, -0.2) is 48.7 Å². The number of amides is 1. The van der Waals surface area contributed by atoms with Crippen molar-refractivity contribution in [3.63, 3.8) is 0 Å². The van der Waals surface area contributed by atoms with Crippen molar-refractivity contribution >= 4 is 6.09 Å². The van der Waals surface area contributed by atoms with Gasteiger partial charge in [-0.3, -0.25) is 0 Å². The van der Waals surface area contributed by atoms with Crippen LogP contribution < -0.4 is 15.4 Å². The SMILES string of the molecule is C=CCO[C@H]1C[C@@H](NC[C@H](O)[C@H](Cc2cc(F)cc(F)c2)NC(=O)O)c2cc(OC)ccc21. The van der Waals surface area contributed by atoms with Crippen molar-refractivity contribution in [3.05, 3.63) is 77.4 Å². The van der Waals surface area contributed by atoms with Crippen LogP contribution in [0.2, 0.25) is 0 Å². The van der Waals surface area contributed by atoms with E-state index in [-0.39, 0.29) is 30.7 Å². The minimum absolute atomic E-state index is 0.0399. The molecule has 0 saturated heterocycles. The van der Waals surface area contributed by atoms with Crippen LogP contribution in [0.3, 0.4) is 0 Å². The number of benzene rings is 2. The fourth-order valence-electron chi connectivity index (χ4n) is 4.11. The molecule has 0 aliphatic heterocycles. The van der Waals surface area contributed by atoms with Crippen molar-refractivity contribution < 1.29 is 33.3 Å². The van der Waals surface area contributed by atoms with Crippen molar-refractivity contribution in [2.45, 2.75) is 37.1 Å². The first-order valence-electron chi connectivity index (χ1n) is 10.6. The van der Waals surface area contributed by atoms with Crippen LogP contribution in [0.4, 0.5) is 13.6 Å². The van der Waals surface area contributed by atoms with Gasteiger partial charge in [-0.25, -0.2) is 13.6 Å². The Kier molecular flexibility index (Phi) is 8.37. The molecule has 0 unspecified atom stereocenters. The molecule has 7 nitrogen and oxygen atoms in total. The monoisotopic (exact) mass is 462 g/mol. The molecule has 1 amide bonds. The van der Waals surface area contributed by atoms with Crippen LogP contribution in [0.1, 0.15) is 35.3 Å². The van der Waals surface area contributed by atoms with Gasteiger partial charge in [-0.1, -0.05) is 12.1 Å². The topological polar surface area (TPSA) is 100 Å². The number of rotatable bonds is 11. The molecule has 2 aromatic rings. The molecule has 0 radical (unpaired) electrons. The van der Waals surface area contributed by atoms with Crippen molar-refractivity contribution in [3.8, 4) is 5.75 Å². The number of carbonyl (C=O) groups is 1. The highest BCUT2D eigenvalue weighted by atomic mass is 19.1. The Labute approximate surface area is 191 Å². The lowest BCUT2D eigenvalue weighted by atomic mass is 10.00. The van der Waals surface area contributed by atoms with E-state index in [2.05, 4.69) is 17.2 Å². The van der Waals surface area contributed by atoms with Crippen molar-refractivity contribution in [2.75, 3.05) is 20.3 Å². The number of hydrogen-bond donors (Lipinski definition) is 4. The van der Waals surface area contributed by atoms with E-state index in [0.717, 1.165) is 29.3 Å². The van der Waals surface area contributed by atoms with E-state index >= 15 is 0 Å². The first kappa shape index (κ1) is 24.6. The highest BCUT2D eigenvalue weighted by Crippen LogP contribution is 2.42. The van der Waals surface area contributed by atoms with E-state index in [9.17, 15) is 23.8 Å². The molecule has 4 N–H and O–H groups in total. The quantitative estimate of drug-likeness (QED) is 0.382. The van der Waals surface area contributed by atoms with E-state index in [1.807, 2.05) is 18.2 Å². The normalized spacial score (nSPS) is 18.9. The van der Waals surface area contributed by atoms with Gasteiger partial charge in [0.2, 0.25) is 0 Å². The van der Waals surface area contributed by atoms with Crippen molar-refractivity contribution in [1.82, 2.24) is 10.6 Å². The van der Waals surface area contributed by atoms with Gasteiger partial charge >= 0.3 is 6.09 Å². The molecule has 0 bridgehead atoms. The summed E-state index contributed by atoms with van der Waals surface area (Å²) in [5.74, 6) is -0.855. The summed E-state index contributed by atoms with van der Waals surface area (Å²) in [6.45, 7) is 4.11. The molecule has 0 spiro atoms. The zero-order valence-corrected chi connectivity index (χ0v) is 18.3. The molecule has 1 aliphatic carbocycles. The molecule has 1 aliphatic rings. The van der Waals surface area contributed by atoms with Crippen LogP contribution in [-0.2, 0) is 11.2 Å². The average molecular weight is 462 g/mol. The van der Waals surface area contributed by atoms with Gasteiger partial charge in [-0.15, -0.1) is 6.58 Å². The number of ether oxygens (including phenoxy) is 2. The lowest BCUT2D eigenvalue weighted by Crippen LogP contribution is -2.48. The summed E-state index contributed by atoms with van der Waals surface area (Å²) >= 11 is 0. The Morgan fingerprint density at radius 2 is 1.97 bits per heavy atom. The molecular weight excluding hydrogens is 434 g/mol. The summed E-state index contributed by atoms with van der Waals surface area (Å²) in [5.41, 5.74) is 2.20. The maximum absolute atomic E-state index is 13.5. The number of methoxy groups -OCH3 is 1. The summed E-state index contributed by atoms with van der Waals surface area (Å²) in [4.78, 5) is 11.2. The van der Waals surface area contributed by atoms with Gasteiger partial charge in [-0.05, 0) is 53.8 Å². The smallest absolute Gasteiger partial charge is 0.404 e. The van der Waals surface area contributed by atoms with E-state index in [0.29, 0.717) is 18.8 Å². The Balaban J connectivity index is 1.72. The number of carboxylic acid groups (broad SMARTS) is 1. The van der Waals surface area contributed by atoms with Gasteiger partial charge in [0.15, 0.2) is 0 Å². The number of aliphatic hydroxyl groups is 1. The van der Waals surface area contributed by atoms with Gasteiger partial charge in [0.25, 0.3) is 0 Å². The number of hydrogen-bond acceptors (Lipinski definition) is 5. The summed E-state index contributed by atoms with van der Waals surface area (Å²) in [7, 11) is 1.58. The Hall–Kier alpha value is -3.01. The number of nitrogens with one attached hydrogen (secondary N) is 2. The average Bonchev–Trinajstić information content (AvgIpc) is 3.11. The first-order chi connectivity index (χ1) is 15.8. The summed E-state index contributed by atoms with van der Waals surface area (Å²) in [5, 5.41) is 25.4. The molecule has 2 aromatic carbocycles. The van der Waals surface area contributed by atoms with Gasteiger partial charge in [0, 0.05) is 18.7 Å². The zero-order valence-electron chi connectivity index (χ0n) is 18.3. The van der Waals surface area contributed by atoms with Crippen LogP contribution in [0.15, 0.2) is 49.1 Å². The van der Waals surface area contributed by atoms with Crippen LogP contribution in [0, 0.1) is 11.6 Å². The third kappa shape index (κ3) is 6.50. The number of aliphatic hydroxyl groups excluding tert-OH is 1. The van der Waals surface area contributed by atoms with Crippen molar-refractivity contribution in [1.29, 1.82) is 0 Å². The predicted molar refractivity (Wildman–Crippen MR) is 118 cm³/mol. The number of fused-ring (bicyclic) bond motifs is 1. The van der Waals surface area contributed by atoms with Gasteiger partial charge < -0.3 is 30.3 Å². The van der Waals surface area contributed by atoms with Gasteiger partial charge in [-0.2, -0.15) is 0 Å². The molecule has 0 aromatic heterocycles. The Morgan fingerprint density at radius 3 is 2.61 bits per heavy atom. The molecule has 3 rings (SSSR count). The van der Waals surface area contributed by atoms with E-state index in [1.165, 1.54) is 0 Å². The van der Waals surface area contributed by atoms with E-state index in [1.54, 1.807) is 13.2 Å². The predicted octanol–water partition coefficient (Wildman–Crippen LogP) is 3.49. The zero-order chi connectivity index (χ0) is 24.0. The minimum atomic E-state index is -1.34.